The van der Waals surface area contributed by atoms with Crippen LogP contribution in [0.1, 0.15) is 42.0 Å². The van der Waals surface area contributed by atoms with Crippen LogP contribution in [0.25, 0.3) is 5.69 Å². The van der Waals surface area contributed by atoms with Crippen LogP contribution in [0.5, 0.6) is 0 Å². The Morgan fingerprint density at radius 1 is 1.19 bits per heavy atom. The van der Waals surface area contributed by atoms with E-state index in [-0.39, 0.29) is 24.2 Å². The molecule has 1 aromatic heterocycles. The average Bonchev–Trinajstić information content (AvgIpc) is 3.25. The van der Waals surface area contributed by atoms with E-state index in [0.717, 1.165) is 30.5 Å². The van der Waals surface area contributed by atoms with Gasteiger partial charge in [0, 0.05) is 31.4 Å². The zero-order valence-corrected chi connectivity index (χ0v) is 16.0. The fraction of sp³-hybridized carbons (Fsp3) is 0.450. The highest BCUT2D eigenvalue weighted by atomic mass is 19.1. The van der Waals surface area contributed by atoms with E-state index in [1.54, 1.807) is 34.8 Å². The van der Waals surface area contributed by atoms with Crippen molar-refractivity contribution < 1.29 is 14.0 Å². The van der Waals surface area contributed by atoms with Gasteiger partial charge < -0.3 is 9.80 Å². The summed E-state index contributed by atoms with van der Waals surface area (Å²) in [4.78, 5) is 28.4. The third-order valence-corrected chi connectivity index (χ3v) is 5.05. The highest BCUT2D eigenvalue weighted by molar-refractivity contribution is 5.96. The molecule has 0 N–H and O–H groups in total. The molecule has 0 atom stereocenters. The quantitative estimate of drug-likeness (QED) is 0.783. The lowest BCUT2D eigenvalue weighted by Crippen LogP contribution is -2.41. The number of nitrogens with zero attached hydrogens (tertiary/aromatic N) is 4. The smallest absolute Gasteiger partial charge is 0.274 e. The Morgan fingerprint density at radius 3 is 2.56 bits per heavy atom. The molecule has 2 aromatic rings. The van der Waals surface area contributed by atoms with Gasteiger partial charge in [-0.15, -0.1) is 0 Å². The molecule has 3 rings (SSSR count). The van der Waals surface area contributed by atoms with E-state index >= 15 is 0 Å². The molecule has 0 saturated heterocycles. The van der Waals surface area contributed by atoms with Gasteiger partial charge in [0.05, 0.1) is 6.54 Å². The van der Waals surface area contributed by atoms with Crippen LogP contribution in [0, 0.1) is 5.82 Å². The van der Waals surface area contributed by atoms with E-state index < -0.39 is 0 Å². The van der Waals surface area contributed by atoms with Crippen LogP contribution in [0.3, 0.4) is 0 Å². The number of rotatable bonds is 6. The Bertz CT molecular complexity index is 858. The molecule has 6 nitrogen and oxygen atoms in total. The van der Waals surface area contributed by atoms with Crippen molar-refractivity contribution >= 4 is 11.8 Å². The van der Waals surface area contributed by atoms with E-state index in [1.807, 2.05) is 13.8 Å². The molecule has 7 heteroatoms. The Morgan fingerprint density at radius 2 is 1.89 bits per heavy atom. The molecule has 27 heavy (non-hydrogen) atoms. The number of hydrogen-bond acceptors (Lipinski definition) is 3. The number of aromatic nitrogens is 2. The maximum absolute atomic E-state index is 14.2. The molecule has 1 aliphatic carbocycles. The van der Waals surface area contributed by atoms with Crippen LogP contribution in [-0.2, 0) is 17.6 Å². The van der Waals surface area contributed by atoms with Gasteiger partial charge in [0.1, 0.15) is 11.5 Å². The molecule has 1 aliphatic rings. The number of likely N-dealkylation sites (N-methyl/N-ethyl adjacent to an activating group) is 2. The first-order valence-electron chi connectivity index (χ1n) is 9.36. The van der Waals surface area contributed by atoms with Crippen molar-refractivity contribution in [2.24, 2.45) is 0 Å². The van der Waals surface area contributed by atoms with Crippen molar-refractivity contribution in [3.05, 3.63) is 47.0 Å². The fourth-order valence-corrected chi connectivity index (χ4v) is 3.56. The van der Waals surface area contributed by atoms with Crippen molar-refractivity contribution in [2.75, 3.05) is 26.7 Å². The topological polar surface area (TPSA) is 58.4 Å². The SMILES string of the molecule is CCN(CC)C(=O)CN(C)C(=O)c1nn(-c2ccccc2F)c2c1CCC2. The van der Waals surface area contributed by atoms with Crippen LogP contribution in [0.15, 0.2) is 24.3 Å². The molecule has 1 heterocycles. The van der Waals surface area contributed by atoms with Gasteiger partial charge in [0.15, 0.2) is 5.69 Å². The second-order valence-electron chi connectivity index (χ2n) is 6.72. The number of amides is 2. The Hall–Kier alpha value is -2.70. The zero-order valence-electron chi connectivity index (χ0n) is 16.0. The highest BCUT2D eigenvalue weighted by Gasteiger charge is 2.30. The Labute approximate surface area is 158 Å². The van der Waals surface area contributed by atoms with Crippen LogP contribution in [0.2, 0.25) is 0 Å². The Balaban J connectivity index is 1.89. The van der Waals surface area contributed by atoms with Gasteiger partial charge in [-0.3, -0.25) is 9.59 Å². The van der Waals surface area contributed by atoms with E-state index in [1.165, 1.54) is 11.0 Å². The molecular weight excluding hydrogens is 347 g/mol. The summed E-state index contributed by atoms with van der Waals surface area (Å²) < 4.78 is 15.8. The highest BCUT2D eigenvalue weighted by Crippen LogP contribution is 2.29. The van der Waals surface area contributed by atoms with Crippen molar-refractivity contribution in [3.63, 3.8) is 0 Å². The Kier molecular flexibility index (Phi) is 5.58. The molecule has 1 aromatic carbocycles. The van der Waals surface area contributed by atoms with Crippen molar-refractivity contribution in [3.8, 4) is 5.69 Å². The second-order valence-corrected chi connectivity index (χ2v) is 6.72. The van der Waals surface area contributed by atoms with Crippen molar-refractivity contribution in [1.29, 1.82) is 0 Å². The second kappa shape index (κ2) is 7.90. The zero-order chi connectivity index (χ0) is 19.6. The van der Waals surface area contributed by atoms with E-state index in [4.69, 9.17) is 0 Å². The number of carbonyl (C=O) groups is 2. The summed E-state index contributed by atoms with van der Waals surface area (Å²) in [6.07, 6.45) is 2.40. The predicted molar refractivity (Wildman–Crippen MR) is 100 cm³/mol. The maximum Gasteiger partial charge on any atom is 0.274 e. The first-order valence-corrected chi connectivity index (χ1v) is 9.36. The van der Waals surface area contributed by atoms with Crippen LogP contribution in [0.4, 0.5) is 4.39 Å². The number of para-hydroxylation sites is 1. The van der Waals surface area contributed by atoms with E-state index in [0.29, 0.717) is 24.5 Å². The van der Waals surface area contributed by atoms with E-state index in [2.05, 4.69) is 5.10 Å². The third-order valence-electron chi connectivity index (χ3n) is 5.05. The summed E-state index contributed by atoms with van der Waals surface area (Å²) in [6.45, 7) is 5.03. The summed E-state index contributed by atoms with van der Waals surface area (Å²) in [5, 5.41) is 4.44. The molecule has 2 amide bonds. The molecule has 0 saturated carbocycles. The van der Waals surface area contributed by atoms with E-state index in [9.17, 15) is 14.0 Å². The molecule has 0 unspecified atom stereocenters. The molecule has 0 spiro atoms. The van der Waals surface area contributed by atoms with Gasteiger partial charge >= 0.3 is 0 Å². The van der Waals surface area contributed by atoms with Gasteiger partial charge in [-0.2, -0.15) is 5.10 Å². The largest absolute Gasteiger partial charge is 0.342 e. The lowest BCUT2D eigenvalue weighted by Gasteiger charge is -2.22. The monoisotopic (exact) mass is 372 g/mol. The lowest BCUT2D eigenvalue weighted by molar-refractivity contribution is -0.131. The van der Waals surface area contributed by atoms with Gasteiger partial charge in [-0.05, 0) is 45.2 Å². The number of carbonyl (C=O) groups excluding carboxylic acids is 2. The molecule has 0 radical (unpaired) electrons. The maximum atomic E-state index is 14.2. The minimum atomic E-state index is -0.376. The molecule has 0 aliphatic heterocycles. The number of benzene rings is 1. The first-order chi connectivity index (χ1) is 13.0. The number of fused-ring (bicyclic) bond motifs is 1. The summed E-state index contributed by atoms with van der Waals surface area (Å²) >= 11 is 0. The summed E-state index contributed by atoms with van der Waals surface area (Å²) in [6, 6.07) is 6.41. The number of hydrogen-bond donors (Lipinski definition) is 0. The van der Waals surface area contributed by atoms with Crippen LogP contribution < -0.4 is 0 Å². The number of halogens is 1. The average molecular weight is 372 g/mol. The van der Waals surface area contributed by atoms with Crippen molar-refractivity contribution in [2.45, 2.75) is 33.1 Å². The van der Waals surface area contributed by atoms with Crippen molar-refractivity contribution in [1.82, 2.24) is 19.6 Å². The molecule has 144 valence electrons. The van der Waals surface area contributed by atoms with Crippen LogP contribution >= 0.6 is 0 Å². The van der Waals surface area contributed by atoms with Gasteiger partial charge in [0.25, 0.3) is 5.91 Å². The third kappa shape index (κ3) is 3.59. The summed E-state index contributed by atoms with van der Waals surface area (Å²) in [5.41, 5.74) is 2.41. The standard InChI is InChI=1S/C20H25FN4O2/c1-4-24(5-2)18(26)13-23(3)20(27)19-14-9-8-12-16(14)25(22-19)17-11-7-6-10-15(17)21/h6-7,10-11H,4-5,8-9,12-13H2,1-3H3. The van der Waals surface area contributed by atoms with Gasteiger partial charge in [0.2, 0.25) is 5.91 Å². The molecule has 0 bridgehead atoms. The minimum Gasteiger partial charge on any atom is -0.342 e. The van der Waals surface area contributed by atoms with Gasteiger partial charge in [-0.1, -0.05) is 12.1 Å². The lowest BCUT2D eigenvalue weighted by atomic mass is 10.2. The summed E-state index contributed by atoms with van der Waals surface area (Å²) in [5.74, 6) is -0.774. The molecular formula is C20H25FN4O2. The summed E-state index contributed by atoms with van der Waals surface area (Å²) in [7, 11) is 1.60. The normalized spacial score (nSPS) is 12.7. The fourth-order valence-electron chi connectivity index (χ4n) is 3.56. The predicted octanol–water partition coefficient (Wildman–Crippen LogP) is 2.44. The van der Waals surface area contributed by atoms with Crippen LogP contribution in [-0.4, -0.2) is 58.1 Å². The first kappa shape index (κ1) is 19.1. The minimum absolute atomic E-state index is 0.00183. The van der Waals surface area contributed by atoms with Gasteiger partial charge in [-0.25, -0.2) is 9.07 Å². The molecule has 0 fully saturated rings.